The molecule has 0 atom stereocenters. The maximum Gasteiger partial charge on any atom is 0.249 e. The number of hydrogen-bond donors (Lipinski definition) is 0. The lowest BCUT2D eigenvalue weighted by molar-refractivity contribution is 0.591. The smallest absolute Gasteiger partial charge is 0.249 e. The molecule has 386 valence electrons. The van der Waals surface area contributed by atoms with E-state index in [1.807, 2.05) is 11.8 Å². The van der Waals surface area contributed by atoms with Crippen molar-refractivity contribution in [3.63, 3.8) is 0 Å². The van der Waals surface area contributed by atoms with Gasteiger partial charge in [0.15, 0.2) is 0 Å². The molecular weight excluding hydrogens is 984 g/mol. The van der Waals surface area contributed by atoms with Crippen molar-refractivity contribution in [2.45, 2.75) is 75.0 Å². The first kappa shape index (κ1) is 49.7. The largest absolute Gasteiger partial charge is 0.310 e. The highest BCUT2D eigenvalue weighted by molar-refractivity contribution is 8.00. The molecule has 2 nitrogen and oxygen atoms in total. The summed E-state index contributed by atoms with van der Waals surface area (Å²) in [6.07, 6.45) is 5.86. The Labute approximate surface area is 476 Å². The minimum Gasteiger partial charge on any atom is -0.310 e. The molecule has 0 amide bonds. The zero-order chi connectivity index (χ0) is 53.9. The maximum absolute atomic E-state index is 2.73. The van der Waals surface area contributed by atoms with E-state index in [4.69, 9.17) is 0 Å². The molecule has 3 heterocycles. The Kier molecular flexibility index (Phi) is 12.8. The van der Waals surface area contributed by atoms with Crippen LogP contribution in [-0.2, 0) is 11.8 Å². The average molecular weight is 1050 g/mol. The zero-order valence-corrected chi connectivity index (χ0v) is 46.9. The van der Waals surface area contributed by atoms with E-state index >= 15 is 0 Å². The van der Waals surface area contributed by atoms with Gasteiger partial charge in [-0.2, -0.15) is 0 Å². The second-order valence-corrected chi connectivity index (χ2v) is 24.1. The van der Waals surface area contributed by atoms with Gasteiger partial charge in [-0.25, -0.2) is 0 Å². The van der Waals surface area contributed by atoms with Crippen LogP contribution in [0, 0.1) is 0 Å². The fourth-order valence-corrected chi connectivity index (χ4v) is 14.0. The van der Waals surface area contributed by atoms with Gasteiger partial charge in [0, 0.05) is 48.8 Å². The number of anilines is 3. The molecule has 0 spiro atoms. The number of nitrogens with zero attached hydrogens (tertiary/aromatic N) is 2. The van der Waals surface area contributed by atoms with Crippen molar-refractivity contribution in [1.29, 1.82) is 0 Å². The molecule has 0 unspecified atom stereocenters. The van der Waals surface area contributed by atoms with Crippen molar-refractivity contribution in [3.05, 3.63) is 260 Å². The predicted molar refractivity (Wildman–Crippen MR) is 344 cm³/mol. The summed E-state index contributed by atoms with van der Waals surface area (Å²) in [5.41, 5.74) is 25.9. The van der Waals surface area contributed by atoms with E-state index in [1.54, 1.807) is 0 Å². The quantitative estimate of drug-likeness (QED) is 0.0890. The molecule has 4 heteroatoms. The number of para-hydroxylation sites is 2. The van der Waals surface area contributed by atoms with Crippen LogP contribution in [0.1, 0.15) is 64.5 Å². The highest BCUT2D eigenvalue weighted by Crippen LogP contribution is 2.52. The molecule has 0 fully saturated rings. The number of hydrogen-bond acceptors (Lipinski definition) is 2. The number of aryl methyl sites for hydroxylation is 1. The zero-order valence-electron chi connectivity index (χ0n) is 46.1. The molecule has 11 aromatic carbocycles. The van der Waals surface area contributed by atoms with Gasteiger partial charge < -0.3 is 9.47 Å². The number of fused-ring (bicyclic) bond motifs is 7. The van der Waals surface area contributed by atoms with Gasteiger partial charge in [0.2, 0.25) is 6.71 Å². The van der Waals surface area contributed by atoms with E-state index in [-0.39, 0.29) is 12.1 Å². The minimum absolute atomic E-state index is 0.0106. The van der Waals surface area contributed by atoms with Crippen molar-refractivity contribution < 1.29 is 0 Å². The number of aromatic nitrogens is 1. The van der Waals surface area contributed by atoms with E-state index in [0.29, 0.717) is 0 Å². The third-order valence-corrected chi connectivity index (χ3v) is 18.0. The van der Waals surface area contributed by atoms with E-state index in [0.717, 1.165) is 18.5 Å². The molecular formula is C76H63BN2S. The van der Waals surface area contributed by atoms with Crippen LogP contribution in [0.25, 0.3) is 83.1 Å². The van der Waals surface area contributed by atoms with Crippen LogP contribution in [0.2, 0.25) is 0 Å². The number of unbranched alkanes of at least 4 members (excludes halogenated alkanes) is 3. The van der Waals surface area contributed by atoms with Crippen LogP contribution in [0.4, 0.5) is 17.1 Å². The SMILES string of the molecule is CCCCCCc1cc2c3c(c1)N(c1c(-c4ccc(-c5ccccc5)cc4)cc(C(C)(C)C)cc1-c1ccc(-c4ccccc4)cc1)c1cc(-n4c5ccccc5c5ccccc54)ccc1B3c1cc(-c3ccccc3)ccc1S2. The Morgan fingerprint density at radius 2 is 0.925 bits per heavy atom. The van der Waals surface area contributed by atoms with Gasteiger partial charge in [-0.1, -0.05) is 258 Å². The molecule has 0 saturated carbocycles. The van der Waals surface area contributed by atoms with Gasteiger partial charge in [0.25, 0.3) is 0 Å². The Morgan fingerprint density at radius 3 is 1.49 bits per heavy atom. The molecule has 2 aliphatic rings. The summed E-state index contributed by atoms with van der Waals surface area (Å²) in [5, 5.41) is 2.51. The normalized spacial score (nSPS) is 12.7. The maximum atomic E-state index is 2.73. The summed E-state index contributed by atoms with van der Waals surface area (Å²) < 4.78 is 2.50. The van der Waals surface area contributed by atoms with Crippen molar-refractivity contribution in [2.75, 3.05) is 4.90 Å². The first-order valence-corrected chi connectivity index (χ1v) is 29.6. The lowest BCUT2D eigenvalue weighted by Crippen LogP contribution is -2.60. The Hall–Kier alpha value is -8.57. The fraction of sp³-hybridized carbons (Fsp3) is 0.132. The van der Waals surface area contributed by atoms with Crippen LogP contribution in [0.15, 0.2) is 259 Å². The number of benzene rings is 11. The topological polar surface area (TPSA) is 8.17 Å². The lowest BCUT2D eigenvalue weighted by Gasteiger charge is -2.42. The van der Waals surface area contributed by atoms with Crippen molar-refractivity contribution in [1.82, 2.24) is 4.57 Å². The highest BCUT2D eigenvalue weighted by atomic mass is 32.2. The molecule has 1 aromatic heterocycles. The summed E-state index contributed by atoms with van der Waals surface area (Å²) in [4.78, 5) is 5.42. The Balaban J connectivity index is 1.10. The second-order valence-electron chi connectivity index (χ2n) is 23.0. The van der Waals surface area contributed by atoms with Gasteiger partial charge in [-0.15, -0.1) is 0 Å². The first-order valence-electron chi connectivity index (χ1n) is 28.7. The fourth-order valence-electron chi connectivity index (χ4n) is 12.8. The van der Waals surface area contributed by atoms with Crippen LogP contribution >= 0.6 is 11.8 Å². The summed E-state index contributed by atoms with van der Waals surface area (Å²) in [5.74, 6) is 0. The second kappa shape index (κ2) is 20.6. The third-order valence-electron chi connectivity index (χ3n) is 16.9. The lowest BCUT2D eigenvalue weighted by atomic mass is 9.34. The molecule has 2 aliphatic heterocycles. The van der Waals surface area contributed by atoms with Crippen LogP contribution < -0.4 is 21.3 Å². The van der Waals surface area contributed by atoms with Crippen molar-refractivity contribution in [2.24, 2.45) is 0 Å². The summed E-state index contributed by atoms with van der Waals surface area (Å²) >= 11 is 1.96. The Bertz CT molecular complexity index is 4110. The molecule has 0 radical (unpaired) electrons. The third kappa shape index (κ3) is 8.87. The van der Waals surface area contributed by atoms with E-state index in [1.165, 1.54) is 151 Å². The van der Waals surface area contributed by atoms with E-state index in [2.05, 4.69) is 286 Å². The van der Waals surface area contributed by atoms with E-state index < -0.39 is 0 Å². The average Bonchev–Trinajstić information content (AvgIpc) is 4.00. The van der Waals surface area contributed by atoms with Gasteiger partial charge in [0.05, 0.1) is 16.7 Å². The summed E-state index contributed by atoms with van der Waals surface area (Å²) in [6.45, 7) is 9.39. The molecule has 0 bridgehead atoms. The molecule has 12 aromatic rings. The van der Waals surface area contributed by atoms with Crippen LogP contribution in [0.5, 0.6) is 0 Å². The van der Waals surface area contributed by atoms with Crippen molar-refractivity contribution >= 4 is 73.7 Å². The molecule has 80 heavy (non-hydrogen) atoms. The highest BCUT2D eigenvalue weighted by Gasteiger charge is 2.43. The molecule has 0 aliphatic carbocycles. The molecule has 0 saturated heterocycles. The Morgan fingerprint density at radius 1 is 0.412 bits per heavy atom. The predicted octanol–water partition coefficient (Wildman–Crippen LogP) is 19.3. The van der Waals surface area contributed by atoms with Gasteiger partial charge in [0.1, 0.15) is 0 Å². The molecule has 14 rings (SSSR count). The first-order chi connectivity index (χ1) is 39.3. The monoisotopic (exact) mass is 1050 g/mol. The minimum atomic E-state index is -0.154. The standard InChI is InChI=1S/C76H63BN2S/c1-5-6-7-11-22-51-45-71-74-73(46-51)80-72-44-41-59(54-27-16-10-17-28-54)47-67(72)77(74)66-43-42-61(78-68-31-20-18-29-62(68)63-30-19-21-32-69(63)78)50-70(66)79(71)75-64(57-37-33-55(34-38-57)52-23-12-8-13-24-52)48-60(76(2,3)4)49-65(75)58-39-35-56(36-40-58)53-25-14-9-15-26-53/h8-10,12-21,23-50H,5-7,11,22H2,1-4H3. The van der Waals surface area contributed by atoms with Gasteiger partial charge >= 0.3 is 0 Å². The van der Waals surface area contributed by atoms with Gasteiger partial charge in [-0.05, 0) is 139 Å². The summed E-state index contributed by atoms with van der Waals surface area (Å²) in [7, 11) is 0. The number of rotatable bonds is 12. The molecule has 0 N–H and O–H groups in total. The summed E-state index contributed by atoms with van der Waals surface area (Å²) in [6, 6.07) is 94.0. The van der Waals surface area contributed by atoms with Crippen molar-refractivity contribution in [3.8, 4) is 61.3 Å². The van der Waals surface area contributed by atoms with Gasteiger partial charge in [-0.3, -0.25) is 0 Å². The van der Waals surface area contributed by atoms with E-state index in [9.17, 15) is 0 Å². The van der Waals surface area contributed by atoms with Crippen LogP contribution in [-0.4, -0.2) is 11.3 Å². The van der Waals surface area contributed by atoms with Crippen LogP contribution in [0.3, 0.4) is 0 Å².